The van der Waals surface area contributed by atoms with Crippen molar-refractivity contribution in [2.75, 3.05) is 5.32 Å². The van der Waals surface area contributed by atoms with Gasteiger partial charge in [0.15, 0.2) is 0 Å². The van der Waals surface area contributed by atoms with Crippen LogP contribution in [0, 0.1) is 20.8 Å². The van der Waals surface area contributed by atoms with Gasteiger partial charge in [-0.25, -0.2) is 0 Å². The van der Waals surface area contributed by atoms with Gasteiger partial charge in [0, 0.05) is 11.7 Å². The Hall–Kier alpha value is -2.28. The number of allylic oxidation sites excluding steroid dienone is 4. The number of hydrogen-bond acceptors (Lipinski definition) is 1. The highest BCUT2D eigenvalue weighted by molar-refractivity contribution is 5.78. The molecule has 1 nitrogen and oxygen atoms in total. The fourth-order valence-electron chi connectivity index (χ4n) is 3.96. The molecule has 1 atom stereocenters. The third kappa shape index (κ3) is 3.42. The highest BCUT2D eigenvalue weighted by Gasteiger charge is 2.18. The van der Waals surface area contributed by atoms with E-state index in [1.54, 1.807) is 0 Å². The number of anilines is 1. The van der Waals surface area contributed by atoms with Gasteiger partial charge in [-0.05, 0) is 81.4 Å². The van der Waals surface area contributed by atoms with E-state index in [-0.39, 0.29) is 6.04 Å². The molecular formula is C24H29N. The molecule has 0 fully saturated rings. The van der Waals surface area contributed by atoms with Crippen LogP contribution in [0.1, 0.15) is 61.1 Å². The normalized spacial score (nSPS) is 15.4. The van der Waals surface area contributed by atoms with E-state index in [1.165, 1.54) is 50.2 Å². The zero-order valence-corrected chi connectivity index (χ0v) is 16.3. The van der Waals surface area contributed by atoms with Gasteiger partial charge in [-0.1, -0.05) is 53.6 Å². The Morgan fingerprint density at radius 1 is 0.920 bits per heavy atom. The third-order valence-corrected chi connectivity index (χ3v) is 5.45. The molecular weight excluding hydrogens is 302 g/mol. The molecule has 0 saturated carbocycles. The first-order chi connectivity index (χ1) is 11.9. The second-order valence-electron chi connectivity index (χ2n) is 7.42. The van der Waals surface area contributed by atoms with Crippen LogP contribution in [0.5, 0.6) is 0 Å². The van der Waals surface area contributed by atoms with Crippen LogP contribution in [0.2, 0.25) is 0 Å². The van der Waals surface area contributed by atoms with Crippen LogP contribution >= 0.6 is 0 Å². The first-order valence-corrected chi connectivity index (χ1v) is 9.19. The molecule has 2 aromatic carbocycles. The van der Waals surface area contributed by atoms with Gasteiger partial charge in [-0.15, -0.1) is 0 Å². The number of nitrogens with one attached hydrogen (secondary N) is 1. The van der Waals surface area contributed by atoms with E-state index in [0.717, 1.165) is 6.42 Å². The van der Waals surface area contributed by atoms with Crippen LogP contribution in [-0.2, 0) is 0 Å². The third-order valence-electron chi connectivity index (χ3n) is 5.45. The SMILES string of the molecule is CC1=CCC(c2ccccc2C(C)Nc2c(C)cc(C)cc2C)=C1C. The molecule has 0 heterocycles. The molecule has 1 aliphatic rings. The Morgan fingerprint density at radius 2 is 1.56 bits per heavy atom. The molecule has 0 radical (unpaired) electrons. The van der Waals surface area contributed by atoms with E-state index < -0.39 is 0 Å². The van der Waals surface area contributed by atoms with Gasteiger partial charge >= 0.3 is 0 Å². The summed E-state index contributed by atoms with van der Waals surface area (Å²) >= 11 is 0. The van der Waals surface area contributed by atoms with Crippen LogP contribution < -0.4 is 5.32 Å². The zero-order chi connectivity index (χ0) is 18.1. The topological polar surface area (TPSA) is 12.0 Å². The average Bonchev–Trinajstić information content (AvgIpc) is 2.90. The molecule has 25 heavy (non-hydrogen) atoms. The Bertz CT molecular complexity index is 844. The van der Waals surface area contributed by atoms with Gasteiger partial charge in [0.2, 0.25) is 0 Å². The lowest BCUT2D eigenvalue weighted by Gasteiger charge is -2.23. The first-order valence-electron chi connectivity index (χ1n) is 9.19. The zero-order valence-electron chi connectivity index (χ0n) is 16.3. The van der Waals surface area contributed by atoms with Crippen molar-refractivity contribution in [3.8, 4) is 0 Å². The maximum absolute atomic E-state index is 3.77. The van der Waals surface area contributed by atoms with E-state index in [1.807, 2.05) is 0 Å². The van der Waals surface area contributed by atoms with E-state index in [0.29, 0.717) is 0 Å². The molecule has 3 rings (SSSR count). The summed E-state index contributed by atoms with van der Waals surface area (Å²) in [6, 6.07) is 13.6. The largest absolute Gasteiger partial charge is 0.378 e. The van der Waals surface area contributed by atoms with Crippen LogP contribution in [-0.4, -0.2) is 0 Å². The van der Waals surface area contributed by atoms with Crippen LogP contribution in [0.4, 0.5) is 5.69 Å². The molecule has 0 saturated heterocycles. The predicted molar refractivity (Wildman–Crippen MR) is 110 cm³/mol. The van der Waals surface area contributed by atoms with Crippen molar-refractivity contribution in [3.63, 3.8) is 0 Å². The first kappa shape index (κ1) is 17.5. The van der Waals surface area contributed by atoms with Crippen molar-refractivity contribution in [3.05, 3.63) is 81.4 Å². The fraction of sp³-hybridized carbons (Fsp3) is 0.333. The van der Waals surface area contributed by atoms with Crippen molar-refractivity contribution >= 4 is 11.3 Å². The maximum Gasteiger partial charge on any atom is 0.0491 e. The molecule has 2 aromatic rings. The molecule has 1 unspecified atom stereocenters. The molecule has 130 valence electrons. The number of hydrogen-bond donors (Lipinski definition) is 1. The monoisotopic (exact) mass is 331 g/mol. The van der Waals surface area contributed by atoms with Gasteiger partial charge in [0.1, 0.15) is 0 Å². The van der Waals surface area contributed by atoms with Crippen LogP contribution in [0.25, 0.3) is 5.57 Å². The summed E-state index contributed by atoms with van der Waals surface area (Å²) in [4.78, 5) is 0. The van der Waals surface area contributed by atoms with Gasteiger partial charge in [0.25, 0.3) is 0 Å². The summed E-state index contributed by atoms with van der Waals surface area (Å²) in [7, 11) is 0. The molecule has 1 heteroatoms. The summed E-state index contributed by atoms with van der Waals surface area (Å²) in [6.45, 7) is 13.3. The summed E-state index contributed by atoms with van der Waals surface area (Å²) < 4.78 is 0. The minimum absolute atomic E-state index is 0.262. The molecule has 0 spiro atoms. The Morgan fingerprint density at radius 3 is 2.16 bits per heavy atom. The average molecular weight is 332 g/mol. The van der Waals surface area contributed by atoms with Crippen molar-refractivity contribution in [1.29, 1.82) is 0 Å². The molecule has 1 N–H and O–H groups in total. The van der Waals surface area contributed by atoms with Crippen molar-refractivity contribution in [2.24, 2.45) is 0 Å². The lowest BCUT2D eigenvalue weighted by atomic mass is 9.92. The van der Waals surface area contributed by atoms with Crippen molar-refractivity contribution in [2.45, 2.75) is 54.0 Å². The van der Waals surface area contributed by atoms with E-state index in [2.05, 4.69) is 89.3 Å². The molecule has 0 aromatic heterocycles. The van der Waals surface area contributed by atoms with E-state index in [4.69, 9.17) is 0 Å². The van der Waals surface area contributed by atoms with Crippen LogP contribution in [0.3, 0.4) is 0 Å². The summed E-state index contributed by atoms with van der Waals surface area (Å²) in [5, 5.41) is 3.77. The molecule has 0 bridgehead atoms. The Balaban J connectivity index is 1.96. The molecule has 0 aliphatic heterocycles. The smallest absolute Gasteiger partial charge is 0.0491 e. The predicted octanol–water partition coefficient (Wildman–Crippen LogP) is 6.91. The standard InChI is InChI=1S/C24H29N/c1-15-13-17(3)24(18(4)14-15)25-20(6)22-9-7-8-10-23(22)21-12-11-16(2)19(21)5/h7-11,13-14,20,25H,12H2,1-6H3. The number of rotatable bonds is 4. The lowest BCUT2D eigenvalue weighted by Crippen LogP contribution is -2.11. The van der Waals surface area contributed by atoms with Gasteiger partial charge in [0.05, 0.1) is 0 Å². The quantitative estimate of drug-likeness (QED) is 0.642. The minimum Gasteiger partial charge on any atom is -0.378 e. The number of aryl methyl sites for hydroxylation is 3. The summed E-state index contributed by atoms with van der Waals surface area (Å²) in [5.41, 5.74) is 12.3. The summed E-state index contributed by atoms with van der Waals surface area (Å²) in [6.07, 6.45) is 3.39. The second-order valence-corrected chi connectivity index (χ2v) is 7.42. The lowest BCUT2D eigenvalue weighted by molar-refractivity contribution is 0.875. The summed E-state index contributed by atoms with van der Waals surface area (Å²) in [5.74, 6) is 0. The molecule has 0 amide bonds. The highest BCUT2D eigenvalue weighted by Crippen LogP contribution is 2.37. The van der Waals surface area contributed by atoms with Crippen molar-refractivity contribution in [1.82, 2.24) is 0 Å². The maximum atomic E-state index is 3.77. The Kier molecular flexibility index (Phi) is 4.85. The molecule has 1 aliphatic carbocycles. The number of benzene rings is 2. The second kappa shape index (κ2) is 6.92. The van der Waals surface area contributed by atoms with Gasteiger partial charge in [-0.3, -0.25) is 0 Å². The fourth-order valence-corrected chi connectivity index (χ4v) is 3.96. The van der Waals surface area contributed by atoms with Crippen molar-refractivity contribution < 1.29 is 0 Å². The minimum atomic E-state index is 0.262. The van der Waals surface area contributed by atoms with E-state index >= 15 is 0 Å². The Labute approximate surface area is 152 Å². The van der Waals surface area contributed by atoms with Crippen LogP contribution in [0.15, 0.2) is 53.6 Å². The van der Waals surface area contributed by atoms with Gasteiger partial charge in [-0.2, -0.15) is 0 Å². The van der Waals surface area contributed by atoms with E-state index in [9.17, 15) is 0 Å². The highest BCUT2D eigenvalue weighted by atomic mass is 14.9. The van der Waals surface area contributed by atoms with Gasteiger partial charge < -0.3 is 5.32 Å².